The molecule has 0 saturated carbocycles. The van der Waals surface area contributed by atoms with Crippen LogP contribution in [0.1, 0.15) is 12.0 Å². The normalized spacial score (nSPS) is 11.5. The van der Waals surface area contributed by atoms with E-state index in [1.54, 1.807) is 48.5 Å². The lowest BCUT2D eigenvalue weighted by molar-refractivity contribution is -0.116. The molecule has 0 heterocycles. The summed E-state index contributed by atoms with van der Waals surface area (Å²) in [4.78, 5) is 12.2. The van der Waals surface area contributed by atoms with Gasteiger partial charge in [0.05, 0.1) is 4.90 Å². The number of rotatable bonds is 6. The fourth-order valence-corrected chi connectivity index (χ4v) is 3.18. The van der Waals surface area contributed by atoms with Gasteiger partial charge in [0, 0.05) is 31.2 Å². The predicted molar refractivity (Wildman–Crippen MR) is 95.7 cm³/mol. The van der Waals surface area contributed by atoms with Crippen molar-refractivity contribution in [1.82, 2.24) is 4.31 Å². The van der Waals surface area contributed by atoms with Crippen molar-refractivity contribution in [2.75, 3.05) is 19.4 Å². The van der Waals surface area contributed by atoms with Gasteiger partial charge in [0.15, 0.2) is 0 Å². The fourth-order valence-electron chi connectivity index (χ4n) is 2.09. The van der Waals surface area contributed by atoms with E-state index in [0.29, 0.717) is 23.6 Å². The van der Waals surface area contributed by atoms with E-state index in [-0.39, 0.29) is 10.8 Å². The van der Waals surface area contributed by atoms with Gasteiger partial charge in [-0.05, 0) is 42.3 Å². The summed E-state index contributed by atoms with van der Waals surface area (Å²) in [5, 5.41) is 3.34. The molecule has 7 heteroatoms. The minimum absolute atomic E-state index is 0.123. The van der Waals surface area contributed by atoms with Crippen LogP contribution >= 0.6 is 11.6 Å². The molecule has 0 aliphatic carbocycles. The summed E-state index contributed by atoms with van der Waals surface area (Å²) in [6, 6.07) is 13.5. The van der Waals surface area contributed by atoms with E-state index in [9.17, 15) is 13.2 Å². The summed E-state index contributed by atoms with van der Waals surface area (Å²) in [6.07, 6.45) is 0.820. The Hall–Kier alpha value is -1.89. The average molecular weight is 367 g/mol. The molecule has 0 bridgehead atoms. The molecule has 1 N–H and O–H groups in total. The van der Waals surface area contributed by atoms with E-state index in [0.717, 1.165) is 5.56 Å². The monoisotopic (exact) mass is 366 g/mol. The third kappa shape index (κ3) is 4.80. The van der Waals surface area contributed by atoms with Crippen molar-refractivity contribution < 1.29 is 13.2 Å². The number of sulfonamides is 1. The molecular formula is C17H19ClN2O3S. The zero-order valence-corrected chi connectivity index (χ0v) is 15.1. The van der Waals surface area contributed by atoms with Crippen molar-refractivity contribution in [1.29, 1.82) is 0 Å². The van der Waals surface area contributed by atoms with Gasteiger partial charge in [0.1, 0.15) is 0 Å². The number of hydrogen-bond acceptors (Lipinski definition) is 3. The molecule has 1 amide bonds. The number of nitrogens with zero attached hydrogens (tertiary/aromatic N) is 1. The van der Waals surface area contributed by atoms with Crippen LogP contribution in [0.4, 0.5) is 5.69 Å². The minimum atomic E-state index is -3.43. The lowest BCUT2D eigenvalue weighted by Crippen LogP contribution is -2.22. The maximum atomic E-state index is 12.0. The predicted octanol–water partition coefficient (Wildman–Crippen LogP) is 3.16. The summed E-state index contributed by atoms with van der Waals surface area (Å²) in [5.74, 6) is -0.123. The summed E-state index contributed by atoms with van der Waals surface area (Å²) >= 11 is 5.87. The SMILES string of the molecule is CN(C)S(=O)(=O)c1ccc(CCC(=O)Nc2cccc(Cl)c2)cc1. The molecule has 5 nitrogen and oxygen atoms in total. The summed E-state index contributed by atoms with van der Waals surface area (Å²) in [5.41, 5.74) is 1.55. The Kier molecular flexibility index (Phi) is 5.99. The van der Waals surface area contributed by atoms with E-state index < -0.39 is 10.0 Å². The van der Waals surface area contributed by atoms with Crippen molar-refractivity contribution in [2.24, 2.45) is 0 Å². The molecule has 0 saturated heterocycles. The van der Waals surface area contributed by atoms with Crippen LogP contribution < -0.4 is 5.32 Å². The number of anilines is 1. The van der Waals surface area contributed by atoms with Crippen molar-refractivity contribution in [3.05, 3.63) is 59.1 Å². The Labute approximate surface area is 147 Å². The lowest BCUT2D eigenvalue weighted by Gasteiger charge is -2.11. The van der Waals surface area contributed by atoms with Crippen LogP contribution in [0.5, 0.6) is 0 Å². The highest BCUT2D eigenvalue weighted by molar-refractivity contribution is 7.89. The molecule has 2 aromatic rings. The second-order valence-electron chi connectivity index (χ2n) is 5.49. The van der Waals surface area contributed by atoms with E-state index >= 15 is 0 Å². The van der Waals surface area contributed by atoms with Crippen LogP contribution in [0.15, 0.2) is 53.4 Å². The third-order valence-corrected chi connectivity index (χ3v) is 5.52. The first kappa shape index (κ1) is 18.4. The highest BCUT2D eigenvalue weighted by atomic mass is 35.5. The Bertz CT molecular complexity index is 818. The molecule has 0 atom stereocenters. The van der Waals surface area contributed by atoms with Crippen molar-refractivity contribution in [3.63, 3.8) is 0 Å². The van der Waals surface area contributed by atoms with Gasteiger partial charge in [-0.3, -0.25) is 4.79 Å². The maximum Gasteiger partial charge on any atom is 0.242 e. The molecule has 24 heavy (non-hydrogen) atoms. The third-order valence-electron chi connectivity index (χ3n) is 3.45. The second kappa shape index (κ2) is 7.79. The van der Waals surface area contributed by atoms with E-state index in [1.807, 2.05) is 0 Å². The van der Waals surface area contributed by atoms with E-state index in [2.05, 4.69) is 5.32 Å². The molecule has 2 rings (SSSR count). The highest BCUT2D eigenvalue weighted by Crippen LogP contribution is 2.17. The quantitative estimate of drug-likeness (QED) is 0.853. The number of nitrogens with one attached hydrogen (secondary N) is 1. The zero-order valence-electron chi connectivity index (χ0n) is 13.5. The van der Waals surface area contributed by atoms with Crippen LogP contribution in [-0.2, 0) is 21.2 Å². The molecule has 0 radical (unpaired) electrons. The Morgan fingerprint density at radius 2 is 1.79 bits per heavy atom. The van der Waals surface area contributed by atoms with Crippen LogP contribution in [0.2, 0.25) is 5.02 Å². The number of amides is 1. The Morgan fingerprint density at radius 3 is 2.38 bits per heavy atom. The standard InChI is InChI=1S/C17H19ClN2O3S/c1-20(2)24(22,23)16-9-6-13(7-10-16)8-11-17(21)19-15-5-3-4-14(18)12-15/h3-7,9-10,12H,8,11H2,1-2H3,(H,19,21). The van der Waals surface area contributed by atoms with Gasteiger partial charge in [-0.2, -0.15) is 0 Å². The molecule has 0 aromatic heterocycles. The van der Waals surface area contributed by atoms with Gasteiger partial charge in [-0.1, -0.05) is 29.8 Å². The zero-order chi connectivity index (χ0) is 17.7. The molecule has 0 fully saturated rings. The first-order valence-electron chi connectivity index (χ1n) is 7.36. The molecule has 0 spiro atoms. The van der Waals surface area contributed by atoms with Gasteiger partial charge >= 0.3 is 0 Å². The van der Waals surface area contributed by atoms with Crippen LogP contribution in [0.3, 0.4) is 0 Å². The Balaban J connectivity index is 1.94. The van der Waals surface area contributed by atoms with Crippen LogP contribution in [0.25, 0.3) is 0 Å². The first-order valence-corrected chi connectivity index (χ1v) is 9.18. The number of aryl methyl sites for hydroxylation is 1. The second-order valence-corrected chi connectivity index (χ2v) is 8.08. The topological polar surface area (TPSA) is 66.5 Å². The van der Waals surface area contributed by atoms with Gasteiger partial charge in [0.2, 0.25) is 15.9 Å². The molecular weight excluding hydrogens is 348 g/mol. The lowest BCUT2D eigenvalue weighted by atomic mass is 10.1. The van der Waals surface area contributed by atoms with Crippen LogP contribution in [-0.4, -0.2) is 32.7 Å². The smallest absolute Gasteiger partial charge is 0.242 e. The van der Waals surface area contributed by atoms with Crippen molar-refractivity contribution >= 4 is 33.2 Å². The number of hydrogen-bond donors (Lipinski definition) is 1. The average Bonchev–Trinajstić information content (AvgIpc) is 2.53. The van der Waals surface area contributed by atoms with Crippen molar-refractivity contribution in [2.45, 2.75) is 17.7 Å². The molecule has 2 aromatic carbocycles. The maximum absolute atomic E-state index is 12.0. The number of benzene rings is 2. The highest BCUT2D eigenvalue weighted by Gasteiger charge is 2.16. The van der Waals surface area contributed by atoms with E-state index in [4.69, 9.17) is 11.6 Å². The number of carbonyl (C=O) groups is 1. The van der Waals surface area contributed by atoms with Gasteiger partial charge in [0.25, 0.3) is 0 Å². The summed E-state index contributed by atoms with van der Waals surface area (Å²) in [6.45, 7) is 0. The molecule has 0 unspecified atom stereocenters. The molecule has 0 aliphatic heterocycles. The number of carbonyl (C=O) groups excluding carboxylic acids is 1. The van der Waals surface area contributed by atoms with E-state index in [1.165, 1.54) is 18.4 Å². The minimum Gasteiger partial charge on any atom is -0.326 e. The largest absolute Gasteiger partial charge is 0.326 e. The molecule has 128 valence electrons. The summed E-state index contributed by atoms with van der Waals surface area (Å²) in [7, 11) is -0.449. The van der Waals surface area contributed by atoms with Gasteiger partial charge in [-0.25, -0.2) is 12.7 Å². The van der Waals surface area contributed by atoms with Crippen molar-refractivity contribution in [3.8, 4) is 0 Å². The fraction of sp³-hybridized carbons (Fsp3) is 0.235. The van der Waals surface area contributed by atoms with Gasteiger partial charge in [-0.15, -0.1) is 0 Å². The number of halogens is 1. The van der Waals surface area contributed by atoms with Crippen LogP contribution in [0, 0.1) is 0 Å². The van der Waals surface area contributed by atoms with Gasteiger partial charge < -0.3 is 5.32 Å². The molecule has 0 aliphatic rings. The Morgan fingerprint density at radius 1 is 1.12 bits per heavy atom. The first-order chi connectivity index (χ1) is 11.3. The summed E-state index contributed by atoms with van der Waals surface area (Å²) < 4.78 is 25.1.